The zero-order valence-electron chi connectivity index (χ0n) is 18.6. The predicted molar refractivity (Wildman–Crippen MR) is 126 cm³/mol. The molecule has 2 aromatic carbocycles. The smallest absolute Gasteiger partial charge is 0.241 e. The summed E-state index contributed by atoms with van der Waals surface area (Å²) in [5, 5.41) is 6.08. The Balaban J connectivity index is 1.76. The summed E-state index contributed by atoms with van der Waals surface area (Å²) in [5.74, 6) is 1.45. The highest BCUT2D eigenvalue weighted by Crippen LogP contribution is 2.25. The number of carbonyl (C=O) groups is 1. The number of methoxy groups -OCH3 is 1. The first-order valence-corrected chi connectivity index (χ1v) is 10.5. The summed E-state index contributed by atoms with van der Waals surface area (Å²) < 4.78 is 5.36. The van der Waals surface area contributed by atoms with Gasteiger partial charge in [-0.2, -0.15) is 15.0 Å². The number of nitrogens with two attached hydrogens (primary N) is 1. The van der Waals surface area contributed by atoms with Crippen molar-refractivity contribution in [2.75, 3.05) is 30.0 Å². The molecular formula is C23H29N7O2. The summed E-state index contributed by atoms with van der Waals surface area (Å²) in [5.41, 5.74) is 7.41. The fourth-order valence-electron chi connectivity index (χ4n) is 3.25. The summed E-state index contributed by atoms with van der Waals surface area (Å²) in [6, 6.07) is 16.5. The van der Waals surface area contributed by atoms with Crippen LogP contribution >= 0.6 is 0 Å². The first kappa shape index (κ1) is 23.0. The standard InChI is InChI=1S/C23H29N7O2/c1-4-14-30(16(2)21(31)25-17-10-6-5-7-11-17)15-20-27-22(24)29-23(28-20)26-18-12-8-9-13-19(18)32-3/h5-13,16H,4,14-15H2,1-3H3,(H,25,31)(H3,24,26,27,28,29). The van der Waals surface area contributed by atoms with E-state index in [0.717, 1.165) is 12.1 Å². The molecule has 0 aliphatic rings. The number of para-hydroxylation sites is 3. The molecule has 1 aromatic heterocycles. The molecule has 3 aromatic rings. The zero-order valence-corrected chi connectivity index (χ0v) is 18.6. The first-order chi connectivity index (χ1) is 15.5. The van der Waals surface area contributed by atoms with E-state index in [-0.39, 0.29) is 11.9 Å². The Morgan fingerprint density at radius 3 is 2.53 bits per heavy atom. The monoisotopic (exact) mass is 435 g/mol. The fraction of sp³-hybridized carbons (Fsp3) is 0.304. The number of nitrogens with zero attached hydrogens (tertiary/aromatic N) is 4. The molecule has 0 aliphatic carbocycles. The molecule has 0 saturated heterocycles. The lowest BCUT2D eigenvalue weighted by Gasteiger charge is -2.27. The highest BCUT2D eigenvalue weighted by atomic mass is 16.5. The molecule has 0 bridgehead atoms. The van der Waals surface area contributed by atoms with E-state index >= 15 is 0 Å². The number of hydrogen-bond acceptors (Lipinski definition) is 8. The van der Waals surface area contributed by atoms with Gasteiger partial charge in [-0.3, -0.25) is 9.69 Å². The maximum Gasteiger partial charge on any atom is 0.241 e. The Hall–Kier alpha value is -3.72. The van der Waals surface area contributed by atoms with Gasteiger partial charge in [0.05, 0.1) is 25.4 Å². The normalized spacial score (nSPS) is 11.8. The Labute approximate surface area is 188 Å². The lowest BCUT2D eigenvalue weighted by molar-refractivity contribution is -0.121. The number of ether oxygens (including phenoxy) is 1. The Morgan fingerprint density at radius 1 is 1.09 bits per heavy atom. The van der Waals surface area contributed by atoms with Crippen LogP contribution in [0.4, 0.5) is 23.3 Å². The number of aromatic nitrogens is 3. The van der Waals surface area contributed by atoms with E-state index in [1.807, 2.05) is 66.4 Å². The van der Waals surface area contributed by atoms with Crippen LogP contribution in [0.1, 0.15) is 26.1 Å². The van der Waals surface area contributed by atoms with Crippen LogP contribution in [0.25, 0.3) is 0 Å². The molecule has 0 saturated carbocycles. The van der Waals surface area contributed by atoms with Crippen molar-refractivity contribution in [2.45, 2.75) is 32.9 Å². The lowest BCUT2D eigenvalue weighted by Crippen LogP contribution is -2.42. The largest absolute Gasteiger partial charge is 0.495 e. The minimum atomic E-state index is -0.390. The molecule has 1 unspecified atom stereocenters. The van der Waals surface area contributed by atoms with Crippen LogP contribution in [0.15, 0.2) is 54.6 Å². The number of hydrogen-bond donors (Lipinski definition) is 3. The van der Waals surface area contributed by atoms with E-state index in [1.54, 1.807) is 7.11 Å². The topological polar surface area (TPSA) is 118 Å². The molecule has 9 heteroatoms. The van der Waals surface area contributed by atoms with Crippen LogP contribution in [-0.4, -0.2) is 45.5 Å². The third-order valence-electron chi connectivity index (χ3n) is 4.88. The van der Waals surface area contributed by atoms with Gasteiger partial charge in [-0.15, -0.1) is 0 Å². The van der Waals surface area contributed by atoms with Gasteiger partial charge in [0.15, 0.2) is 0 Å². The van der Waals surface area contributed by atoms with E-state index in [9.17, 15) is 4.79 Å². The molecule has 4 N–H and O–H groups in total. The summed E-state index contributed by atoms with van der Waals surface area (Å²) in [6.45, 7) is 4.98. The molecule has 0 fully saturated rings. The summed E-state index contributed by atoms with van der Waals surface area (Å²) in [6.07, 6.45) is 0.871. The lowest BCUT2D eigenvalue weighted by atomic mass is 10.2. The summed E-state index contributed by atoms with van der Waals surface area (Å²) in [7, 11) is 1.60. The van der Waals surface area contributed by atoms with Crippen molar-refractivity contribution in [3.05, 3.63) is 60.4 Å². The number of amides is 1. The number of carbonyl (C=O) groups excluding carboxylic acids is 1. The fourth-order valence-corrected chi connectivity index (χ4v) is 3.25. The molecule has 1 amide bonds. The molecule has 0 aliphatic heterocycles. The van der Waals surface area contributed by atoms with E-state index in [4.69, 9.17) is 10.5 Å². The zero-order chi connectivity index (χ0) is 22.9. The molecular weight excluding hydrogens is 406 g/mol. The van der Waals surface area contributed by atoms with Crippen molar-refractivity contribution >= 4 is 29.2 Å². The van der Waals surface area contributed by atoms with Crippen LogP contribution in [0.2, 0.25) is 0 Å². The van der Waals surface area contributed by atoms with E-state index in [0.29, 0.717) is 36.3 Å². The van der Waals surface area contributed by atoms with Gasteiger partial charge in [0.2, 0.25) is 17.8 Å². The first-order valence-electron chi connectivity index (χ1n) is 10.5. The molecule has 32 heavy (non-hydrogen) atoms. The van der Waals surface area contributed by atoms with Gasteiger partial charge in [0, 0.05) is 5.69 Å². The molecule has 0 spiro atoms. The van der Waals surface area contributed by atoms with Gasteiger partial charge in [-0.1, -0.05) is 37.3 Å². The summed E-state index contributed by atoms with van der Waals surface area (Å²) in [4.78, 5) is 27.8. The third-order valence-corrected chi connectivity index (χ3v) is 4.88. The van der Waals surface area contributed by atoms with Crippen LogP contribution in [0, 0.1) is 0 Å². The van der Waals surface area contributed by atoms with Crippen LogP contribution in [0.5, 0.6) is 5.75 Å². The highest BCUT2D eigenvalue weighted by molar-refractivity contribution is 5.94. The van der Waals surface area contributed by atoms with Gasteiger partial charge in [0.25, 0.3) is 0 Å². The Morgan fingerprint density at radius 2 is 1.81 bits per heavy atom. The average molecular weight is 436 g/mol. The Bertz CT molecular complexity index is 1030. The van der Waals surface area contributed by atoms with E-state index < -0.39 is 6.04 Å². The van der Waals surface area contributed by atoms with Crippen molar-refractivity contribution in [2.24, 2.45) is 0 Å². The second-order valence-electron chi connectivity index (χ2n) is 7.26. The average Bonchev–Trinajstić information content (AvgIpc) is 2.79. The van der Waals surface area contributed by atoms with Gasteiger partial charge in [-0.05, 0) is 44.2 Å². The molecule has 3 rings (SSSR count). The molecule has 168 valence electrons. The number of nitrogen functional groups attached to an aromatic ring is 1. The van der Waals surface area contributed by atoms with Gasteiger partial charge < -0.3 is 21.1 Å². The van der Waals surface area contributed by atoms with Crippen molar-refractivity contribution in [3.63, 3.8) is 0 Å². The predicted octanol–water partition coefficient (Wildman–Crippen LogP) is 3.45. The quantitative estimate of drug-likeness (QED) is 0.443. The minimum absolute atomic E-state index is 0.0981. The van der Waals surface area contributed by atoms with Crippen LogP contribution in [-0.2, 0) is 11.3 Å². The van der Waals surface area contributed by atoms with Crippen LogP contribution in [0.3, 0.4) is 0 Å². The second-order valence-corrected chi connectivity index (χ2v) is 7.26. The second kappa shape index (κ2) is 11.1. The van der Waals surface area contributed by atoms with Crippen molar-refractivity contribution < 1.29 is 9.53 Å². The van der Waals surface area contributed by atoms with Crippen molar-refractivity contribution in [3.8, 4) is 5.75 Å². The van der Waals surface area contributed by atoms with Crippen molar-refractivity contribution in [1.82, 2.24) is 19.9 Å². The summed E-state index contributed by atoms with van der Waals surface area (Å²) >= 11 is 0. The van der Waals surface area contributed by atoms with Crippen LogP contribution < -0.4 is 21.1 Å². The third kappa shape index (κ3) is 6.14. The molecule has 9 nitrogen and oxygen atoms in total. The number of anilines is 4. The van der Waals surface area contributed by atoms with Gasteiger partial charge in [-0.25, -0.2) is 0 Å². The van der Waals surface area contributed by atoms with E-state index in [1.165, 1.54) is 0 Å². The molecule has 1 heterocycles. The number of nitrogens with one attached hydrogen (secondary N) is 2. The number of benzene rings is 2. The number of rotatable bonds is 10. The maximum atomic E-state index is 12.8. The highest BCUT2D eigenvalue weighted by Gasteiger charge is 2.22. The van der Waals surface area contributed by atoms with E-state index in [2.05, 4.69) is 32.5 Å². The van der Waals surface area contributed by atoms with Gasteiger partial charge >= 0.3 is 0 Å². The Kier molecular flexibility index (Phi) is 7.93. The minimum Gasteiger partial charge on any atom is -0.495 e. The maximum absolute atomic E-state index is 12.8. The van der Waals surface area contributed by atoms with Gasteiger partial charge in [0.1, 0.15) is 11.6 Å². The SMILES string of the molecule is CCCN(Cc1nc(N)nc(Nc2ccccc2OC)n1)C(C)C(=O)Nc1ccccc1. The molecule has 1 atom stereocenters. The molecule has 0 radical (unpaired) electrons. The van der Waals surface area contributed by atoms with Crippen molar-refractivity contribution in [1.29, 1.82) is 0 Å².